The maximum absolute atomic E-state index is 12.7. The van der Waals surface area contributed by atoms with Crippen LogP contribution < -0.4 is 0 Å². The Morgan fingerprint density at radius 3 is 2.35 bits per heavy atom. The van der Waals surface area contributed by atoms with Crippen molar-refractivity contribution in [3.05, 3.63) is 65.0 Å². The molecule has 1 fully saturated rings. The molecule has 1 aliphatic heterocycles. The van der Waals surface area contributed by atoms with Gasteiger partial charge in [-0.1, -0.05) is 18.2 Å². The summed E-state index contributed by atoms with van der Waals surface area (Å²) in [7, 11) is 0. The van der Waals surface area contributed by atoms with E-state index in [4.69, 9.17) is 0 Å². The average Bonchev–Trinajstić information content (AvgIpc) is 2.91. The molecule has 0 saturated carbocycles. The average molecular weight is 351 g/mol. The molecule has 5 heteroatoms. The van der Waals surface area contributed by atoms with Gasteiger partial charge in [0.1, 0.15) is 0 Å². The Balaban J connectivity index is 1.60. The van der Waals surface area contributed by atoms with Gasteiger partial charge in [-0.2, -0.15) is 0 Å². The summed E-state index contributed by atoms with van der Waals surface area (Å²) in [6.07, 6.45) is 4.48. The maximum Gasteiger partial charge on any atom is 0.254 e. The van der Waals surface area contributed by atoms with Crippen molar-refractivity contribution in [2.45, 2.75) is 26.7 Å². The second-order valence-corrected chi connectivity index (χ2v) is 6.86. The third-order valence-electron chi connectivity index (χ3n) is 4.99. The molecule has 5 nitrogen and oxygen atoms in total. The third-order valence-corrected chi connectivity index (χ3v) is 4.99. The number of pyridine rings is 1. The second-order valence-electron chi connectivity index (χ2n) is 6.86. The molecule has 3 rings (SSSR count). The third kappa shape index (κ3) is 4.28. The van der Waals surface area contributed by atoms with Crippen molar-refractivity contribution in [1.29, 1.82) is 0 Å². The number of amides is 2. The molecule has 0 spiro atoms. The summed E-state index contributed by atoms with van der Waals surface area (Å²) in [4.78, 5) is 32.9. The number of aromatic nitrogens is 1. The lowest BCUT2D eigenvalue weighted by atomic mass is 10.0. The predicted molar refractivity (Wildman–Crippen MR) is 101 cm³/mol. The molecule has 2 aromatic rings. The Labute approximate surface area is 154 Å². The molecule has 0 bridgehead atoms. The molecule has 2 amide bonds. The van der Waals surface area contributed by atoms with Crippen molar-refractivity contribution in [2.75, 3.05) is 26.2 Å². The van der Waals surface area contributed by atoms with E-state index in [1.54, 1.807) is 24.5 Å². The molecule has 1 aromatic carbocycles. The molecule has 2 heterocycles. The molecule has 0 atom stereocenters. The van der Waals surface area contributed by atoms with E-state index in [9.17, 15) is 9.59 Å². The van der Waals surface area contributed by atoms with E-state index in [0.29, 0.717) is 38.2 Å². The zero-order valence-electron chi connectivity index (χ0n) is 15.4. The van der Waals surface area contributed by atoms with Crippen molar-refractivity contribution in [3.63, 3.8) is 0 Å². The predicted octanol–water partition coefficient (Wildman–Crippen LogP) is 2.62. The van der Waals surface area contributed by atoms with Crippen LogP contribution in [0.25, 0.3) is 0 Å². The Morgan fingerprint density at radius 1 is 0.923 bits per heavy atom. The van der Waals surface area contributed by atoms with Gasteiger partial charge in [0, 0.05) is 44.1 Å². The molecule has 1 saturated heterocycles. The van der Waals surface area contributed by atoms with Crippen LogP contribution in [0, 0.1) is 13.8 Å². The van der Waals surface area contributed by atoms with E-state index in [1.165, 1.54) is 11.1 Å². The highest BCUT2D eigenvalue weighted by molar-refractivity contribution is 5.94. The van der Waals surface area contributed by atoms with Crippen LogP contribution in [-0.2, 0) is 11.2 Å². The van der Waals surface area contributed by atoms with Crippen molar-refractivity contribution in [1.82, 2.24) is 14.8 Å². The van der Waals surface area contributed by atoms with Gasteiger partial charge < -0.3 is 9.80 Å². The first kappa shape index (κ1) is 18.1. The summed E-state index contributed by atoms with van der Waals surface area (Å²) in [6.45, 7) is 6.67. The highest BCUT2D eigenvalue weighted by Gasteiger charge is 2.22. The zero-order valence-corrected chi connectivity index (χ0v) is 15.4. The molecule has 1 aliphatic rings. The van der Waals surface area contributed by atoms with Crippen molar-refractivity contribution in [2.24, 2.45) is 0 Å². The fourth-order valence-electron chi connectivity index (χ4n) is 3.25. The van der Waals surface area contributed by atoms with Crippen LogP contribution in [0.15, 0.2) is 42.7 Å². The van der Waals surface area contributed by atoms with Crippen LogP contribution in [0.4, 0.5) is 0 Å². The normalized spacial score (nSPS) is 14.8. The number of carbonyl (C=O) groups excluding carboxylic acids is 2. The Kier molecular flexibility index (Phi) is 5.66. The number of hydrogen-bond donors (Lipinski definition) is 0. The monoisotopic (exact) mass is 351 g/mol. The van der Waals surface area contributed by atoms with E-state index >= 15 is 0 Å². The molecule has 0 unspecified atom stereocenters. The van der Waals surface area contributed by atoms with Crippen LogP contribution in [0.2, 0.25) is 0 Å². The SMILES string of the molecule is Cc1ccc(CC(=O)N2CCCN(C(=O)c3ccncc3)CC2)cc1C. The van der Waals surface area contributed by atoms with E-state index in [2.05, 4.69) is 31.0 Å². The van der Waals surface area contributed by atoms with Gasteiger partial charge >= 0.3 is 0 Å². The van der Waals surface area contributed by atoms with Gasteiger partial charge in [-0.25, -0.2) is 0 Å². The van der Waals surface area contributed by atoms with Crippen LogP contribution in [0.3, 0.4) is 0 Å². The van der Waals surface area contributed by atoms with Gasteiger partial charge in [0.25, 0.3) is 5.91 Å². The molecule has 136 valence electrons. The second kappa shape index (κ2) is 8.13. The Bertz CT molecular complexity index is 789. The van der Waals surface area contributed by atoms with Gasteiger partial charge in [-0.15, -0.1) is 0 Å². The van der Waals surface area contributed by atoms with E-state index in [-0.39, 0.29) is 11.8 Å². The molecule has 1 aromatic heterocycles. The van der Waals surface area contributed by atoms with Crippen molar-refractivity contribution < 1.29 is 9.59 Å². The minimum Gasteiger partial charge on any atom is -0.341 e. The van der Waals surface area contributed by atoms with Crippen LogP contribution >= 0.6 is 0 Å². The van der Waals surface area contributed by atoms with Gasteiger partial charge in [0.05, 0.1) is 6.42 Å². The molecule has 26 heavy (non-hydrogen) atoms. The number of aryl methyl sites for hydroxylation is 2. The van der Waals surface area contributed by atoms with E-state index in [0.717, 1.165) is 12.0 Å². The largest absolute Gasteiger partial charge is 0.341 e. The van der Waals surface area contributed by atoms with Crippen molar-refractivity contribution >= 4 is 11.8 Å². The van der Waals surface area contributed by atoms with Gasteiger partial charge in [0.15, 0.2) is 0 Å². The number of hydrogen-bond acceptors (Lipinski definition) is 3. The zero-order chi connectivity index (χ0) is 18.5. The fourth-order valence-corrected chi connectivity index (χ4v) is 3.25. The summed E-state index contributed by atoms with van der Waals surface area (Å²) >= 11 is 0. The Hall–Kier alpha value is -2.69. The van der Waals surface area contributed by atoms with Gasteiger partial charge in [-0.3, -0.25) is 14.6 Å². The smallest absolute Gasteiger partial charge is 0.254 e. The van der Waals surface area contributed by atoms with Crippen LogP contribution in [0.1, 0.15) is 33.5 Å². The molecular formula is C21H25N3O2. The van der Waals surface area contributed by atoms with Crippen LogP contribution in [-0.4, -0.2) is 52.8 Å². The van der Waals surface area contributed by atoms with Gasteiger partial charge in [0.2, 0.25) is 5.91 Å². The number of nitrogens with zero attached hydrogens (tertiary/aromatic N) is 3. The maximum atomic E-state index is 12.7. The molecule has 0 radical (unpaired) electrons. The summed E-state index contributed by atoms with van der Waals surface area (Å²) < 4.78 is 0. The lowest BCUT2D eigenvalue weighted by molar-refractivity contribution is -0.130. The summed E-state index contributed by atoms with van der Waals surface area (Å²) in [6, 6.07) is 9.64. The first-order valence-electron chi connectivity index (χ1n) is 9.08. The minimum absolute atomic E-state index is 0.0101. The van der Waals surface area contributed by atoms with Crippen LogP contribution in [0.5, 0.6) is 0 Å². The first-order chi connectivity index (χ1) is 12.5. The van der Waals surface area contributed by atoms with E-state index in [1.807, 2.05) is 15.9 Å². The number of benzene rings is 1. The highest BCUT2D eigenvalue weighted by atomic mass is 16.2. The number of carbonyl (C=O) groups is 2. The van der Waals surface area contributed by atoms with E-state index < -0.39 is 0 Å². The summed E-state index contributed by atoms with van der Waals surface area (Å²) in [5.41, 5.74) is 4.14. The number of rotatable bonds is 3. The topological polar surface area (TPSA) is 53.5 Å². The quantitative estimate of drug-likeness (QED) is 0.854. The fraction of sp³-hybridized carbons (Fsp3) is 0.381. The van der Waals surface area contributed by atoms with Crippen molar-refractivity contribution in [3.8, 4) is 0 Å². The molecule has 0 N–H and O–H groups in total. The lowest BCUT2D eigenvalue weighted by Crippen LogP contribution is -2.38. The summed E-state index contributed by atoms with van der Waals surface area (Å²) in [5.74, 6) is 0.141. The molecular weight excluding hydrogens is 326 g/mol. The minimum atomic E-state index is 0.0101. The lowest BCUT2D eigenvalue weighted by Gasteiger charge is -2.22. The molecule has 0 aliphatic carbocycles. The van der Waals surface area contributed by atoms with Gasteiger partial charge in [-0.05, 0) is 49.1 Å². The highest BCUT2D eigenvalue weighted by Crippen LogP contribution is 2.13. The summed E-state index contributed by atoms with van der Waals surface area (Å²) in [5, 5.41) is 0. The first-order valence-corrected chi connectivity index (χ1v) is 9.08. The standard InChI is InChI=1S/C21H25N3O2/c1-16-4-5-18(14-17(16)2)15-20(25)23-10-3-11-24(13-12-23)21(26)19-6-8-22-9-7-19/h4-9,14H,3,10-13,15H2,1-2H3. The Morgan fingerprint density at radius 2 is 1.62 bits per heavy atom.